The number of rotatable bonds is 4. The Morgan fingerprint density at radius 3 is 2.33 bits per heavy atom. The molecular weight excluding hydrogens is 220 g/mol. The maximum absolute atomic E-state index is 10.3. The molecule has 1 fully saturated rings. The van der Waals surface area contributed by atoms with Gasteiger partial charge in [-0.3, -0.25) is 4.79 Å². The molecular formula is C17H22O. The topological polar surface area (TPSA) is 17.1 Å². The summed E-state index contributed by atoms with van der Waals surface area (Å²) < 4.78 is 0. The minimum Gasteiger partial charge on any atom is -0.299 e. The lowest BCUT2D eigenvalue weighted by Gasteiger charge is -2.27. The number of carbonyl (C=O) groups excluding carboxylic acids is 1. The Labute approximate surface area is 110 Å². The molecule has 0 aliphatic heterocycles. The van der Waals surface area contributed by atoms with Crippen LogP contribution in [0.1, 0.15) is 49.7 Å². The van der Waals surface area contributed by atoms with Gasteiger partial charge in [-0.15, -0.1) is 0 Å². The van der Waals surface area contributed by atoms with Crippen molar-refractivity contribution in [3.05, 3.63) is 47.5 Å². The maximum Gasteiger partial charge on any atom is 0.142 e. The number of benzene rings is 1. The van der Waals surface area contributed by atoms with Gasteiger partial charge in [0.2, 0.25) is 0 Å². The summed E-state index contributed by atoms with van der Waals surface area (Å²) in [6.45, 7) is 2.19. The zero-order chi connectivity index (χ0) is 12.8. The molecule has 0 radical (unpaired) electrons. The minimum atomic E-state index is 0.612. The molecule has 0 atom stereocenters. The number of hydrogen-bond donors (Lipinski definition) is 0. The Balaban J connectivity index is 1.92. The van der Waals surface area contributed by atoms with E-state index in [2.05, 4.69) is 37.3 Å². The van der Waals surface area contributed by atoms with Crippen molar-refractivity contribution in [1.82, 2.24) is 0 Å². The van der Waals surface area contributed by atoms with Crippen LogP contribution in [0, 0.1) is 5.92 Å². The number of carbonyl (C=O) groups is 1. The van der Waals surface area contributed by atoms with Crippen molar-refractivity contribution >= 4 is 6.29 Å². The molecule has 0 unspecified atom stereocenters. The standard InChI is InChI=1S/C17H22O/c1-2-14-5-9-16(10-6-14)17-11-7-15(8-12-17)4-3-13-18/h3-6,9-10,13,15,17H,2,7-8,11-12H2,1H3/b4-3+/t15-,17-. The van der Waals surface area contributed by atoms with E-state index in [1.165, 1.54) is 36.8 Å². The summed E-state index contributed by atoms with van der Waals surface area (Å²) in [4.78, 5) is 10.3. The Morgan fingerprint density at radius 2 is 1.78 bits per heavy atom. The molecule has 1 aliphatic carbocycles. The molecule has 96 valence electrons. The smallest absolute Gasteiger partial charge is 0.142 e. The lowest BCUT2D eigenvalue weighted by molar-refractivity contribution is -0.104. The van der Waals surface area contributed by atoms with E-state index in [0.29, 0.717) is 5.92 Å². The SMILES string of the molecule is CCc1ccc([C@H]2CC[C@H](/C=C/C=O)CC2)cc1. The van der Waals surface area contributed by atoms with Crippen LogP contribution in [-0.2, 0) is 11.2 Å². The molecule has 1 nitrogen and oxygen atoms in total. The monoisotopic (exact) mass is 242 g/mol. The van der Waals surface area contributed by atoms with Crippen LogP contribution in [0.3, 0.4) is 0 Å². The Hall–Kier alpha value is -1.37. The predicted octanol–water partition coefficient (Wildman–Crippen LogP) is 4.28. The lowest BCUT2D eigenvalue weighted by atomic mass is 9.78. The van der Waals surface area contributed by atoms with Crippen LogP contribution in [0.15, 0.2) is 36.4 Å². The Bertz CT molecular complexity index is 394. The average molecular weight is 242 g/mol. The second kappa shape index (κ2) is 6.53. The molecule has 1 aromatic carbocycles. The van der Waals surface area contributed by atoms with Crippen LogP contribution >= 0.6 is 0 Å². The molecule has 0 heterocycles. The first-order chi connectivity index (χ1) is 8.83. The number of hydrogen-bond acceptors (Lipinski definition) is 1. The van der Waals surface area contributed by atoms with Crippen LogP contribution in [0.4, 0.5) is 0 Å². The Kier molecular flexibility index (Phi) is 4.74. The highest BCUT2D eigenvalue weighted by atomic mass is 16.1. The first-order valence-electron chi connectivity index (χ1n) is 7.04. The second-order valence-electron chi connectivity index (χ2n) is 5.23. The lowest BCUT2D eigenvalue weighted by Crippen LogP contribution is -2.11. The molecule has 0 amide bonds. The summed E-state index contributed by atoms with van der Waals surface area (Å²) in [5.74, 6) is 1.33. The number of allylic oxidation sites excluding steroid dienone is 2. The average Bonchev–Trinajstić information content (AvgIpc) is 2.46. The predicted molar refractivity (Wildman–Crippen MR) is 75.7 cm³/mol. The van der Waals surface area contributed by atoms with E-state index in [9.17, 15) is 4.79 Å². The van der Waals surface area contributed by atoms with Crippen molar-refractivity contribution in [2.75, 3.05) is 0 Å². The van der Waals surface area contributed by atoms with Crippen LogP contribution in [0.25, 0.3) is 0 Å². The van der Waals surface area contributed by atoms with Gasteiger partial charge in [0.25, 0.3) is 0 Å². The fraction of sp³-hybridized carbons (Fsp3) is 0.471. The van der Waals surface area contributed by atoms with E-state index in [1.807, 2.05) is 0 Å². The minimum absolute atomic E-state index is 0.612. The van der Waals surface area contributed by atoms with Gasteiger partial charge < -0.3 is 0 Å². The van der Waals surface area contributed by atoms with Gasteiger partial charge in [0.05, 0.1) is 0 Å². The van der Waals surface area contributed by atoms with Gasteiger partial charge in [-0.25, -0.2) is 0 Å². The summed E-state index contributed by atoms with van der Waals surface area (Å²) in [5, 5.41) is 0. The molecule has 0 bridgehead atoms. The van der Waals surface area contributed by atoms with Crippen molar-refractivity contribution in [2.24, 2.45) is 5.92 Å². The van der Waals surface area contributed by atoms with Gasteiger partial charge in [-0.1, -0.05) is 37.3 Å². The maximum atomic E-state index is 10.3. The van der Waals surface area contributed by atoms with Crippen LogP contribution in [-0.4, -0.2) is 6.29 Å². The number of aldehydes is 1. The first kappa shape index (κ1) is 13.1. The van der Waals surface area contributed by atoms with Gasteiger partial charge in [0.1, 0.15) is 6.29 Å². The van der Waals surface area contributed by atoms with Crippen LogP contribution in [0.2, 0.25) is 0 Å². The van der Waals surface area contributed by atoms with Gasteiger partial charge >= 0.3 is 0 Å². The summed E-state index contributed by atoms with van der Waals surface area (Å²) in [6.07, 6.45) is 10.7. The highest BCUT2D eigenvalue weighted by Crippen LogP contribution is 2.36. The van der Waals surface area contributed by atoms with Gasteiger partial charge in [0.15, 0.2) is 0 Å². The van der Waals surface area contributed by atoms with Crippen LogP contribution < -0.4 is 0 Å². The largest absolute Gasteiger partial charge is 0.299 e. The van der Waals surface area contributed by atoms with Gasteiger partial charge in [-0.2, -0.15) is 0 Å². The highest BCUT2D eigenvalue weighted by molar-refractivity contribution is 5.64. The van der Waals surface area contributed by atoms with E-state index in [4.69, 9.17) is 0 Å². The second-order valence-corrected chi connectivity index (χ2v) is 5.23. The van der Waals surface area contributed by atoms with Crippen molar-refractivity contribution in [3.63, 3.8) is 0 Å². The molecule has 18 heavy (non-hydrogen) atoms. The number of aryl methyl sites for hydroxylation is 1. The third-order valence-electron chi connectivity index (χ3n) is 4.09. The highest BCUT2D eigenvalue weighted by Gasteiger charge is 2.20. The fourth-order valence-electron chi connectivity index (χ4n) is 2.87. The third-order valence-corrected chi connectivity index (χ3v) is 4.09. The summed E-state index contributed by atoms with van der Waals surface area (Å²) in [5.41, 5.74) is 2.91. The molecule has 1 aromatic rings. The van der Waals surface area contributed by atoms with E-state index in [-0.39, 0.29) is 0 Å². The first-order valence-corrected chi connectivity index (χ1v) is 7.04. The summed E-state index contributed by atoms with van der Waals surface area (Å²) in [6, 6.07) is 9.11. The quantitative estimate of drug-likeness (QED) is 0.569. The van der Waals surface area contributed by atoms with E-state index in [1.54, 1.807) is 6.08 Å². The van der Waals surface area contributed by atoms with Crippen molar-refractivity contribution in [1.29, 1.82) is 0 Å². The van der Waals surface area contributed by atoms with E-state index in [0.717, 1.165) is 18.6 Å². The zero-order valence-corrected chi connectivity index (χ0v) is 11.1. The molecule has 1 aliphatic rings. The molecule has 0 N–H and O–H groups in total. The fourth-order valence-corrected chi connectivity index (χ4v) is 2.87. The van der Waals surface area contributed by atoms with Gasteiger partial charge in [-0.05, 0) is 61.1 Å². The molecule has 0 saturated heterocycles. The zero-order valence-electron chi connectivity index (χ0n) is 11.1. The van der Waals surface area contributed by atoms with Crippen molar-refractivity contribution in [2.45, 2.75) is 44.9 Å². The molecule has 0 spiro atoms. The van der Waals surface area contributed by atoms with E-state index >= 15 is 0 Å². The molecule has 2 rings (SSSR count). The molecule has 0 aromatic heterocycles. The Morgan fingerprint density at radius 1 is 1.11 bits per heavy atom. The normalized spacial score (nSPS) is 24.3. The van der Waals surface area contributed by atoms with Crippen molar-refractivity contribution < 1.29 is 4.79 Å². The summed E-state index contributed by atoms with van der Waals surface area (Å²) in [7, 11) is 0. The van der Waals surface area contributed by atoms with Crippen molar-refractivity contribution in [3.8, 4) is 0 Å². The van der Waals surface area contributed by atoms with Gasteiger partial charge in [0, 0.05) is 0 Å². The van der Waals surface area contributed by atoms with Crippen LogP contribution in [0.5, 0.6) is 0 Å². The third kappa shape index (κ3) is 3.32. The van der Waals surface area contributed by atoms with E-state index < -0.39 is 0 Å². The molecule has 1 heteroatoms. The summed E-state index contributed by atoms with van der Waals surface area (Å²) >= 11 is 0. The molecule has 1 saturated carbocycles.